The van der Waals surface area contributed by atoms with Gasteiger partial charge in [0.25, 0.3) is 0 Å². The molecule has 0 spiro atoms. The van der Waals surface area contributed by atoms with Crippen molar-refractivity contribution in [2.24, 2.45) is 0 Å². The summed E-state index contributed by atoms with van der Waals surface area (Å²) in [4.78, 5) is 5.02. The number of halogens is 1. The van der Waals surface area contributed by atoms with Crippen molar-refractivity contribution in [2.75, 3.05) is 45.0 Å². The molecule has 21 heavy (non-hydrogen) atoms. The number of nitrogens with zero attached hydrogens (tertiary/aromatic N) is 2. The lowest BCUT2D eigenvalue weighted by atomic mass is 10.4. The van der Waals surface area contributed by atoms with Gasteiger partial charge in [-0.15, -0.1) is 0 Å². The summed E-state index contributed by atoms with van der Waals surface area (Å²) in [5, 5.41) is 0.557. The summed E-state index contributed by atoms with van der Waals surface area (Å²) in [6.45, 7) is 7.89. The van der Waals surface area contributed by atoms with Crippen LogP contribution in [0.2, 0.25) is 5.02 Å². The number of benzene rings is 1. The second-order valence-electron chi connectivity index (χ2n) is 5.40. The van der Waals surface area contributed by atoms with Gasteiger partial charge < -0.3 is 9.80 Å². The molecule has 0 saturated carbocycles. The van der Waals surface area contributed by atoms with E-state index in [2.05, 4.69) is 16.7 Å². The first kappa shape index (κ1) is 16.7. The summed E-state index contributed by atoms with van der Waals surface area (Å²) in [5.74, 6) is 0.167. The summed E-state index contributed by atoms with van der Waals surface area (Å²) in [6.07, 6.45) is 1.11. The highest BCUT2D eigenvalue weighted by Gasteiger charge is 2.18. The number of sulfone groups is 1. The third-order valence-corrected chi connectivity index (χ3v) is 5.94. The molecule has 1 saturated heterocycles. The van der Waals surface area contributed by atoms with Crippen LogP contribution in [-0.4, -0.2) is 63.2 Å². The van der Waals surface area contributed by atoms with E-state index in [1.807, 2.05) is 0 Å². The summed E-state index contributed by atoms with van der Waals surface area (Å²) in [5.41, 5.74) is 0. The van der Waals surface area contributed by atoms with Crippen LogP contribution in [0.3, 0.4) is 0 Å². The molecule has 2 rings (SSSR count). The van der Waals surface area contributed by atoms with Crippen LogP contribution in [0.25, 0.3) is 0 Å². The molecule has 0 amide bonds. The van der Waals surface area contributed by atoms with Crippen LogP contribution in [0.1, 0.15) is 13.3 Å². The molecule has 1 aliphatic rings. The van der Waals surface area contributed by atoms with Crippen molar-refractivity contribution < 1.29 is 8.42 Å². The minimum Gasteiger partial charge on any atom is -0.302 e. The highest BCUT2D eigenvalue weighted by atomic mass is 35.5. The van der Waals surface area contributed by atoms with Crippen molar-refractivity contribution in [3.8, 4) is 0 Å². The Hall–Kier alpha value is -0.620. The zero-order chi connectivity index (χ0) is 15.3. The minimum absolute atomic E-state index is 0.167. The molecule has 1 aliphatic heterocycles. The smallest absolute Gasteiger partial charge is 0.179 e. The van der Waals surface area contributed by atoms with Gasteiger partial charge in [0.2, 0.25) is 0 Å². The average Bonchev–Trinajstić information content (AvgIpc) is 2.71. The van der Waals surface area contributed by atoms with E-state index in [9.17, 15) is 8.42 Å². The molecular formula is C15H23ClN2O2S. The van der Waals surface area contributed by atoms with E-state index in [0.29, 0.717) is 16.5 Å². The van der Waals surface area contributed by atoms with E-state index in [-0.39, 0.29) is 5.75 Å². The van der Waals surface area contributed by atoms with Gasteiger partial charge in [-0.1, -0.05) is 18.5 Å². The predicted molar refractivity (Wildman–Crippen MR) is 86.7 cm³/mol. The quantitative estimate of drug-likeness (QED) is 0.829. The molecule has 4 nitrogen and oxygen atoms in total. The second-order valence-corrected chi connectivity index (χ2v) is 7.95. The van der Waals surface area contributed by atoms with Gasteiger partial charge in [-0.2, -0.15) is 0 Å². The Bertz CT molecular complexity index is 545. The minimum atomic E-state index is -3.22. The maximum absolute atomic E-state index is 12.3. The van der Waals surface area contributed by atoms with Crippen molar-refractivity contribution in [3.63, 3.8) is 0 Å². The van der Waals surface area contributed by atoms with Crippen molar-refractivity contribution >= 4 is 21.4 Å². The Morgan fingerprint density at radius 1 is 1.05 bits per heavy atom. The largest absolute Gasteiger partial charge is 0.302 e. The molecule has 1 fully saturated rings. The third-order valence-electron chi connectivity index (χ3n) is 3.98. The molecule has 0 aromatic heterocycles. The van der Waals surface area contributed by atoms with Crippen LogP contribution < -0.4 is 0 Å². The van der Waals surface area contributed by atoms with Gasteiger partial charge in [0.15, 0.2) is 9.84 Å². The second kappa shape index (κ2) is 7.58. The molecule has 118 valence electrons. The van der Waals surface area contributed by atoms with Crippen LogP contribution in [0.5, 0.6) is 0 Å². The molecule has 0 radical (unpaired) electrons. The summed E-state index contributed by atoms with van der Waals surface area (Å²) >= 11 is 5.80. The number of hydrogen-bond acceptors (Lipinski definition) is 4. The summed E-state index contributed by atoms with van der Waals surface area (Å²) in [6, 6.07) is 6.41. The van der Waals surface area contributed by atoms with Gasteiger partial charge in [0.05, 0.1) is 10.6 Å². The van der Waals surface area contributed by atoms with E-state index >= 15 is 0 Å². The molecule has 0 N–H and O–H groups in total. The first-order chi connectivity index (χ1) is 10.0. The number of rotatable bonds is 5. The third kappa shape index (κ3) is 4.95. The van der Waals surface area contributed by atoms with Gasteiger partial charge in [-0.25, -0.2) is 8.42 Å². The topological polar surface area (TPSA) is 40.6 Å². The lowest BCUT2D eigenvalue weighted by molar-refractivity contribution is 0.272. The Kier molecular flexibility index (Phi) is 6.05. The maximum atomic E-state index is 12.3. The Labute approximate surface area is 132 Å². The zero-order valence-corrected chi connectivity index (χ0v) is 14.0. The van der Waals surface area contributed by atoms with E-state index < -0.39 is 9.84 Å². The van der Waals surface area contributed by atoms with Gasteiger partial charge in [-0.05, 0) is 50.3 Å². The highest BCUT2D eigenvalue weighted by molar-refractivity contribution is 7.91. The van der Waals surface area contributed by atoms with E-state index in [0.717, 1.165) is 39.1 Å². The lowest BCUT2D eigenvalue weighted by Gasteiger charge is -2.20. The first-order valence-electron chi connectivity index (χ1n) is 7.44. The average molecular weight is 331 g/mol. The Morgan fingerprint density at radius 3 is 2.33 bits per heavy atom. The van der Waals surface area contributed by atoms with Crippen LogP contribution in [0.15, 0.2) is 29.2 Å². The van der Waals surface area contributed by atoms with Gasteiger partial charge in [0.1, 0.15) is 0 Å². The van der Waals surface area contributed by atoms with E-state index in [1.54, 1.807) is 24.3 Å². The van der Waals surface area contributed by atoms with Crippen molar-refractivity contribution in [1.82, 2.24) is 9.80 Å². The Balaban J connectivity index is 1.91. The molecule has 1 heterocycles. The normalized spacial score (nSPS) is 18.6. The van der Waals surface area contributed by atoms with Gasteiger partial charge in [-0.3, -0.25) is 0 Å². The fourth-order valence-corrected chi connectivity index (χ4v) is 3.98. The zero-order valence-electron chi connectivity index (χ0n) is 12.5. The van der Waals surface area contributed by atoms with Gasteiger partial charge >= 0.3 is 0 Å². The SMILES string of the molecule is CCN1CCCN(CCS(=O)(=O)c2ccc(Cl)cc2)CC1. The first-order valence-corrected chi connectivity index (χ1v) is 9.47. The van der Waals surface area contributed by atoms with Crippen LogP contribution in [-0.2, 0) is 9.84 Å². The molecule has 0 atom stereocenters. The molecular weight excluding hydrogens is 308 g/mol. The molecule has 6 heteroatoms. The fourth-order valence-electron chi connectivity index (χ4n) is 2.57. The molecule has 0 aliphatic carbocycles. The maximum Gasteiger partial charge on any atom is 0.179 e. The summed E-state index contributed by atoms with van der Waals surface area (Å²) in [7, 11) is -3.22. The lowest BCUT2D eigenvalue weighted by Crippen LogP contribution is -2.33. The standard InChI is InChI=1S/C15H23ClN2O2S/c1-2-17-8-3-9-18(11-10-17)12-13-21(19,20)15-6-4-14(16)5-7-15/h4-7H,2-3,8-13H2,1H3. The molecule has 0 unspecified atom stereocenters. The summed E-state index contributed by atoms with van der Waals surface area (Å²) < 4.78 is 24.6. The van der Waals surface area contributed by atoms with Crippen molar-refractivity contribution in [2.45, 2.75) is 18.2 Å². The van der Waals surface area contributed by atoms with Crippen molar-refractivity contribution in [3.05, 3.63) is 29.3 Å². The van der Waals surface area contributed by atoms with E-state index in [1.165, 1.54) is 0 Å². The van der Waals surface area contributed by atoms with Gasteiger partial charge in [0, 0.05) is 24.7 Å². The monoisotopic (exact) mass is 330 g/mol. The Morgan fingerprint density at radius 2 is 1.67 bits per heavy atom. The van der Waals surface area contributed by atoms with Crippen LogP contribution in [0, 0.1) is 0 Å². The molecule has 0 bridgehead atoms. The van der Waals surface area contributed by atoms with Crippen molar-refractivity contribution in [1.29, 1.82) is 0 Å². The van der Waals surface area contributed by atoms with Crippen LogP contribution >= 0.6 is 11.6 Å². The predicted octanol–water partition coefficient (Wildman–Crippen LogP) is 2.14. The molecule has 1 aromatic rings. The van der Waals surface area contributed by atoms with E-state index in [4.69, 9.17) is 11.6 Å². The van der Waals surface area contributed by atoms with Crippen LogP contribution in [0.4, 0.5) is 0 Å². The fraction of sp³-hybridized carbons (Fsp3) is 0.600. The number of hydrogen-bond donors (Lipinski definition) is 0. The molecule has 1 aromatic carbocycles. The number of likely N-dealkylation sites (N-methyl/N-ethyl adjacent to an activating group) is 1. The highest BCUT2D eigenvalue weighted by Crippen LogP contribution is 2.15.